The van der Waals surface area contributed by atoms with Crippen LogP contribution in [0.5, 0.6) is 0 Å². The molecule has 1 atom stereocenters. The van der Waals surface area contributed by atoms with Crippen LogP contribution in [0.3, 0.4) is 0 Å². The zero-order valence-electron chi connectivity index (χ0n) is 15.9. The predicted molar refractivity (Wildman–Crippen MR) is 112 cm³/mol. The number of carbonyl (C=O) groups is 1. The highest BCUT2D eigenvalue weighted by atomic mass is 16.3. The monoisotopic (exact) mass is 384 g/mol. The Bertz CT molecular complexity index is 1120. The van der Waals surface area contributed by atoms with E-state index in [1.165, 1.54) is 0 Å². The smallest absolute Gasteiger partial charge is 0.278 e. The lowest BCUT2D eigenvalue weighted by Crippen LogP contribution is -2.14. The molecule has 1 aromatic heterocycles. The number of aliphatic hydroxyl groups excluding tert-OH is 1. The zero-order valence-corrected chi connectivity index (χ0v) is 15.9. The van der Waals surface area contributed by atoms with Crippen molar-refractivity contribution in [1.82, 2.24) is 15.0 Å². The maximum atomic E-state index is 13.0. The zero-order chi connectivity index (χ0) is 20.2. The van der Waals surface area contributed by atoms with Crippen molar-refractivity contribution in [2.24, 2.45) is 0 Å². The van der Waals surface area contributed by atoms with Crippen LogP contribution in [0.1, 0.15) is 29.1 Å². The van der Waals surface area contributed by atoms with E-state index < -0.39 is 6.10 Å². The summed E-state index contributed by atoms with van der Waals surface area (Å²) in [5, 5.41) is 21.1. The van der Waals surface area contributed by atoms with E-state index in [1.54, 1.807) is 35.9 Å². The maximum absolute atomic E-state index is 13.0. The first kappa shape index (κ1) is 18.6. The van der Waals surface area contributed by atoms with Crippen LogP contribution in [0, 0.1) is 0 Å². The molecule has 0 unspecified atom stereocenters. The number of aromatic nitrogens is 3. The fourth-order valence-corrected chi connectivity index (χ4v) is 3.11. The van der Waals surface area contributed by atoms with Gasteiger partial charge in [-0.1, -0.05) is 65.9 Å². The lowest BCUT2D eigenvalue weighted by atomic mass is 10.1. The summed E-state index contributed by atoms with van der Waals surface area (Å²) >= 11 is 0. The minimum absolute atomic E-state index is 0.225. The summed E-state index contributed by atoms with van der Waals surface area (Å²) in [4.78, 5) is 13.0. The van der Waals surface area contributed by atoms with Gasteiger partial charge in [-0.15, -0.1) is 5.10 Å². The van der Waals surface area contributed by atoms with Gasteiger partial charge in [-0.3, -0.25) is 4.79 Å². The molecular weight excluding hydrogens is 364 g/mol. The van der Waals surface area contributed by atoms with E-state index in [9.17, 15) is 9.90 Å². The Kier molecular flexibility index (Phi) is 5.18. The van der Waals surface area contributed by atoms with Crippen LogP contribution in [-0.2, 0) is 0 Å². The molecule has 0 radical (unpaired) electrons. The van der Waals surface area contributed by atoms with Gasteiger partial charge < -0.3 is 10.4 Å². The van der Waals surface area contributed by atoms with Gasteiger partial charge in [0.05, 0.1) is 11.8 Å². The van der Waals surface area contributed by atoms with Crippen molar-refractivity contribution in [3.63, 3.8) is 0 Å². The van der Waals surface area contributed by atoms with E-state index in [2.05, 4.69) is 15.6 Å². The van der Waals surface area contributed by atoms with Gasteiger partial charge in [-0.2, -0.15) is 0 Å². The molecule has 1 amide bonds. The van der Waals surface area contributed by atoms with Crippen molar-refractivity contribution < 1.29 is 9.90 Å². The highest BCUT2D eigenvalue weighted by Crippen LogP contribution is 2.26. The number of para-hydroxylation sites is 1. The van der Waals surface area contributed by atoms with E-state index in [0.29, 0.717) is 11.4 Å². The molecule has 1 heterocycles. The second kappa shape index (κ2) is 8.08. The first-order chi connectivity index (χ1) is 14.1. The van der Waals surface area contributed by atoms with Crippen molar-refractivity contribution in [2.45, 2.75) is 13.0 Å². The molecule has 0 spiro atoms. The Morgan fingerprint density at radius 3 is 2.34 bits per heavy atom. The van der Waals surface area contributed by atoms with Crippen LogP contribution in [0.2, 0.25) is 0 Å². The summed E-state index contributed by atoms with van der Waals surface area (Å²) in [6, 6.07) is 26.2. The number of amides is 1. The Morgan fingerprint density at radius 1 is 0.966 bits per heavy atom. The van der Waals surface area contributed by atoms with E-state index in [1.807, 2.05) is 60.7 Å². The van der Waals surface area contributed by atoms with Gasteiger partial charge >= 0.3 is 0 Å². The summed E-state index contributed by atoms with van der Waals surface area (Å²) in [5.41, 5.74) is 3.79. The number of carbonyl (C=O) groups excluding carboxylic acids is 1. The third-order valence-electron chi connectivity index (χ3n) is 4.56. The average molecular weight is 384 g/mol. The lowest BCUT2D eigenvalue weighted by molar-refractivity contribution is 0.102. The molecule has 144 valence electrons. The minimum atomic E-state index is -0.620. The molecule has 0 bridgehead atoms. The molecule has 6 heteroatoms. The van der Waals surface area contributed by atoms with Gasteiger partial charge in [0.15, 0.2) is 5.69 Å². The van der Waals surface area contributed by atoms with Gasteiger partial charge in [-0.25, -0.2) is 4.68 Å². The minimum Gasteiger partial charge on any atom is -0.389 e. The molecule has 0 aliphatic carbocycles. The largest absolute Gasteiger partial charge is 0.389 e. The van der Waals surface area contributed by atoms with Crippen LogP contribution in [0.25, 0.3) is 16.9 Å². The van der Waals surface area contributed by atoms with E-state index >= 15 is 0 Å². The van der Waals surface area contributed by atoms with Crippen molar-refractivity contribution in [3.8, 4) is 16.9 Å². The Hall–Kier alpha value is -3.77. The number of nitrogens with one attached hydrogen (secondary N) is 1. The molecule has 29 heavy (non-hydrogen) atoms. The molecule has 6 nitrogen and oxygen atoms in total. The summed E-state index contributed by atoms with van der Waals surface area (Å²) < 4.78 is 1.66. The molecule has 0 saturated carbocycles. The average Bonchev–Trinajstić information content (AvgIpc) is 3.20. The molecule has 0 fully saturated rings. The quantitative estimate of drug-likeness (QED) is 0.539. The second-order valence-corrected chi connectivity index (χ2v) is 6.66. The molecule has 0 aliphatic heterocycles. The van der Waals surface area contributed by atoms with E-state index in [4.69, 9.17) is 0 Å². The summed E-state index contributed by atoms with van der Waals surface area (Å²) in [7, 11) is 0. The molecule has 2 N–H and O–H groups in total. The number of benzene rings is 3. The predicted octanol–water partition coefficient (Wildman–Crippen LogP) is 4.24. The first-order valence-electron chi connectivity index (χ1n) is 9.29. The Morgan fingerprint density at radius 2 is 1.66 bits per heavy atom. The number of rotatable bonds is 5. The van der Waals surface area contributed by atoms with E-state index in [0.717, 1.165) is 16.8 Å². The number of hydrogen-bond acceptors (Lipinski definition) is 4. The normalized spacial score (nSPS) is 11.8. The third kappa shape index (κ3) is 3.93. The SMILES string of the molecule is C[C@H](O)c1cccc(NC(=O)c2nnn(-c3ccccc3)c2-c2ccccc2)c1. The lowest BCUT2D eigenvalue weighted by Gasteiger charge is -2.10. The summed E-state index contributed by atoms with van der Waals surface area (Å²) in [5.74, 6) is -0.367. The number of anilines is 1. The van der Waals surface area contributed by atoms with E-state index in [-0.39, 0.29) is 11.6 Å². The van der Waals surface area contributed by atoms with Crippen LogP contribution in [-0.4, -0.2) is 26.0 Å². The van der Waals surface area contributed by atoms with Crippen molar-refractivity contribution in [2.75, 3.05) is 5.32 Å². The van der Waals surface area contributed by atoms with Gasteiger partial charge in [0.25, 0.3) is 5.91 Å². The van der Waals surface area contributed by atoms with Crippen molar-refractivity contribution in [3.05, 3.63) is 96.2 Å². The molecule has 3 aromatic carbocycles. The second-order valence-electron chi connectivity index (χ2n) is 6.66. The number of hydrogen-bond donors (Lipinski definition) is 2. The van der Waals surface area contributed by atoms with Gasteiger partial charge in [0.1, 0.15) is 5.69 Å². The van der Waals surface area contributed by atoms with Gasteiger partial charge in [0.2, 0.25) is 0 Å². The van der Waals surface area contributed by atoms with Crippen LogP contribution < -0.4 is 5.32 Å². The fourth-order valence-electron chi connectivity index (χ4n) is 3.11. The first-order valence-corrected chi connectivity index (χ1v) is 9.29. The standard InChI is InChI=1S/C23H20N4O2/c1-16(28)18-11-8-12-19(15-18)24-23(29)21-22(17-9-4-2-5-10-17)27(26-25-21)20-13-6-3-7-14-20/h2-16,28H,1H3,(H,24,29)/t16-/m0/s1. The van der Waals surface area contributed by atoms with Crippen LogP contribution in [0.15, 0.2) is 84.9 Å². The third-order valence-corrected chi connectivity index (χ3v) is 4.56. The van der Waals surface area contributed by atoms with Crippen LogP contribution >= 0.6 is 0 Å². The van der Waals surface area contributed by atoms with Gasteiger partial charge in [-0.05, 0) is 36.8 Å². The maximum Gasteiger partial charge on any atom is 0.278 e. The Labute approximate surface area is 168 Å². The molecule has 0 aliphatic rings. The van der Waals surface area contributed by atoms with Crippen molar-refractivity contribution >= 4 is 11.6 Å². The number of aliphatic hydroxyl groups is 1. The summed E-state index contributed by atoms with van der Waals surface area (Å²) in [6.07, 6.45) is -0.620. The van der Waals surface area contributed by atoms with Crippen LogP contribution in [0.4, 0.5) is 5.69 Å². The number of nitrogens with zero attached hydrogens (tertiary/aromatic N) is 3. The summed E-state index contributed by atoms with van der Waals surface area (Å²) in [6.45, 7) is 1.68. The Balaban J connectivity index is 1.75. The molecule has 4 rings (SSSR count). The highest BCUT2D eigenvalue weighted by molar-refractivity contribution is 6.06. The highest BCUT2D eigenvalue weighted by Gasteiger charge is 2.22. The van der Waals surface area contributed by atoms with Gasteiger partial charge in [0, 0.05) is 11.3 Å². The fraction of sp³-hybridized carbons (Fsp3) is 0.0870. The topological polar surface area (TPSA) is 80.0 Å². The molecule has 0 saturated heterocycles. The molecular formula is C23H20N4O2. The van der Waals surface area contributed by atoms with Crippen molar-refractivity contribution in [1.29, 1.82) is 0 Å². The molecule has 4 aromatic rings.